The summed E-state index contributed by atoms with van der Waals surface area (Å²) in [5, 5.41) is 19.8. The Hall–Kier alpha value is -2.42. The predicted octanol–water partition coefficient (Wildman–Crippen LogP) is 2.65. The third kappa shape index (κ3) is 4.95. The molecule has 9 heteroatoms. The zero-order chi connectivity index (χ0) is 21.0. The minimum Gasteiger partial charge on any atom is -0.507 e. The lowest BCUT2D eigenvalue weighted by Crippen LogP contribution is -2.32. The van der Waals surface area contributed by atoms with Gasteiger partial charge in [-0.2, -0.15) is 4.98 Å². The SMILES string of the molecule is Cc1cc(N2CCCOC[C@@H]2c2cc(O)c(C(=O)CCCO)cc2Cl)nc(N)n1. The lowest BCUT2D eigenvalue weighted by Gasteiger charge is -2.31. The Kier molecular flexibility index (Phi) is 6.89. The van der Waals surface area contributed by atoms with Crippen molar-refractivity contribution >= 4 is 29.2 Å². The number of aliphatic hydroxyl groups excluding tert-OH is 1. The normalized spacial score (nSPS) is 17.2. The number of nitrogens with two attached hydrogens (primary N) is 1. The van der Waals surface area contributed by atoms with E-state index in [-0.39, 0.29) is 42.1 Å². The van der Waals surface area contributed by atoms with Gasteiger partial charge < -0.3 is 25.6 Å². The van der Waals surface area contributed by atoms with Gasteiger partial charge in [0, 0.05) is 43.0 Å². The van der Waals surface area contributed by atoms with E-state index in [0.29, 0.717) is 42.6 Å². The van der Waals surface area contributed by atoms with Crippen LogP contribution in [0.4, 0.5) is 11.8 Å². The van der Waals surface area contributed by atoms with Gasteiger partial charge in [-0.1, -0.05) is 11.6 Å². The van der Waals surface area contributed by atoms with E-state index < -0.39 is 0 Å². The summed E-state index contributed by atoms with van der Waals surface area (Å²) < 4.78 is 5.75. The maximum Gasteiger partial charge on any atom is 0.222 e. The number of nitrogens with zero attached hydrogens (tertiary/aromatic N) is 3. The number of carbonyl (C=O) groups excluding carboxylic acids is 1. The molecule has 0 aliphatic carbocycles. The van der Waals surface area contributed by atoms with E-state index in [1.54, 1.807) is 0 Å². The second kappa shape index (κ2) is 9.39. The fraction of sp³-hybridized carbons (Fsp3) is 0.450. The zero-order valence-electron chi connectivity index (χ0n) is 16.3. The van der Waals surface area contributed by atoms with Crippen LogP contribution in [-0.2, 0) is 4.74 Å². The Bertz CT molecular complexity index is 873. The van der Waals surface area contributed by atoms with Gasteiger partial charge in [0.15, 0.2) is 5.78 Å². The van der Waals surface area contributed by atoms with E-state index in [1.165, 1.54) is 12.1 Å². The molecule has 1 aromatic carbocycles. The number of nitrogen functional groups attached to an aromatic ring is 1. The number of hydrogen-bond donors (Lipinski definition) is 3. The van der Waals surface area contributed by atoms with Crippen LogP contribution in [0, 0.1) is 6.92 Å². The maximum absolute atomic E-state index is 12.3. The number of halogens is 1. The van der Waals surface area contributed by atoms with E-state index in [0.717, 1.165) is 12.1 Å². The molecule has 1 aromatic heterocycles. The van der Waals surface area contributed by atoms with E-state index >= 15 is 0 Å². The highest BCUT2D eigenvalue weighted by Crippen LogP contribution is 2.37. The van der Waals surface area contributed by atoms with Crippen molar-refractivity contribution in [2.75, 3.05) is 37.0 Å². The van der Waals surface area contributed by atoms with Crippen molar-refractivity contribution in [2.24, 2.45) is 0 Å². The van der Waals surface area contributed by atoms with Crippen molar-refractivity contribution in [1.82, 2.24) is 9.97 Å². The van der Waals surface area contributed by atoms with Crippen molar-refractivity contribution in [1.29, 1.82) is 0 Å². The Morgan fingerprint density at radius 1 is 1.38 bits per heavy atom. The molecule has 2 heterocycles. The standard InChI is InChI=1S/C20H25ClN4O4/c1-12-8-19(24-20(22)23-12)25-5-3-7-29-11-16(25)13-10-18(28)14(9-15(13)21)17(27)4-2-6-26/h8-10,16,26,28H,2-7,11H2,1H3,(H2,22,23,24)/t16-/m1/s1. The quantitative estimate of drug-likeness (QED) is 0.609. The highest BCUT2D eigenvalue weighted by molar-refractivity contribution is 6.32. The van der Waals surface area contributed by atoms with Gasteiger partial charge >= 0.3 is 0 Å². The number of aryl methyl sites for hydroxylation is 1. The number of Topliss-reactive ketones (excluding diaryl/α,β-unsaturated/α-hetero) is 1. The molecule has 2 aromatic rings. The second-order valence-electron chi connectivity index (χ2n) is 7.00. The topological polar surface area (TPSA) is 122 Å². The number of ketones is 1. The largest absolute Gasteiger partial charge is 0.507 e. The Labute approximate surface area is 174 Å². The van der Waals surface area contributed by atoms with Gasteiger partial charge in [0.2, 0.25) is 5.95 Å². The first-order valence-corrected chi connectivity index (χ1v) is 9.90. The van der Waals surface area contributed by atoms with Crippen LogP contribution in [0.1, 0.15) is 46.9 Å². The molecule has 29 heavy (non-hydrogen) atoms. The van der Waals surface area contributed by atoms with Crippen LogP contribution >= 0.6 is 11.6 Å². The number of aliphatic hydroxyl groups is 1. The first kappa shape index (κ1) is 21.3. The van der Waals surface area contributed by atoms with E-state index in [9.17, 15) is 9.90 Å². The Morgan fingerprint density at radius 2 is 2.17 bits per heavy atom. The number of anilines is 2. The van der Waals surface area contributed by atoms with Crippen molar-refractivity contribution in [3.63, 3.8) is 0 Å². The van der Waals surface area contributed by atoms with Crippen LogP contribution < -0.4 is 10.6 Å². The van der Waals surface area contributed by atoms with Crippen molar-refractivity contribution < 1.29 is 19.7 Å². The molecular weight excluding hydrogens is 396 g/mol. The van der Waals surface area contributed by atoms with Gasteiger partial charge in [-0.25, -0.2) is 4.98 Å². The number of aromatic nitrogens is 2. The number of benzene rings is 1. The molecule has 0 radical (unpaired) electrons. The van der Waals surface area contributed by atoms with Gasteiger partial charge in [-0.05, 0) is 37.5 Å². The highest BCUT2D eigenvalue weighted by Gasteiger charge is 2.28. The summed E-state index contributed by atoms with van der Waals surface area (Å²) in [5.74, 6) is 0.430. The molecule has 1 aliphatic rings. The van der Waals surface area contributed by atoms with Crippen molar-refractivity contribution in [3.8, 4) is 5.75 Å². The Morgan fingerprint density at radius 3 is 2.90 bits per heavy atom. The molecule has 4 N–H and O–H groups in total. The summed E-state index contributed by atoms with van der Waals surface area (Å²) in [7, 11) is 0. The number of rotatable bonds is 6. The third-order valence-electron chi connectivity index (χ3n) is 4.83. The summed E-state index contributed by atoms with van der Waals surface area (Å²) in [4.78, 5) is 22.8. The van der Waals surface area contributed by atoms with Crippen molar-refractivity contribution in [2.45, 2.75) is 32.2 Å². The summed E-state index contributed by atoms with van der Waals surface area (Å²) >= 11 is 6.53. The van der Waals surface area contributed by atoms with E-state index in [4.69, 9.17) is 27.2 Å². The molecule has 1 atom stereocenters. The summed E-state index contributed by atoms with van der Waals surface area (Å²) in [5.41, 5.74) is 7.37. The molecule has 3 rings (SSSR count). The monoisotopic (exact) mass is 420 g/mol. The minimum absolute atomic E-state index is 0.0891. The molecular formula is C20H25ClN4O4. The lowest BCUT2D eigenvalue weighted by molar-refractivity contribution is 0.0968. The maximum atomic E-state index is 12.3. The van der Waals surface area contributed by atoms with E-state index in [2.05, 4.69) is 9.97 Å². The number of phenols is 1. The average molecular weight is 421 g/mol. The van der Waals surface area contributed by atoms with Crippen LogP contribution in [0.15, 0.2) is 18.2 Å². The van der Waals surface area contributed by atoms with Crippen LogP contribution in [-0.4, -0.2) is 52.3 Å². The van der Waals surface area contributed by atoms with Crippen LogP contribution in [0.2, 0.25) is 5.02 Å². The highest BCUT2D eigenvalue weighted by atomic mass is 35.5. The first-order valence-electron chi connectivity index (χ1n) is 9.52. The summed E-state index contributed by atoms with van der Waals surface area (Å²) in [6.07, 6.45) is 1.26. The Balaban J connectivity index is 1.99. The fourth-order valence-electron chi connectivity index (χ4n) is 3.46. The molecule has 156 valence electrons. The molecule has 1 aliphatic heterocycles. The van der Waals surface area contributed by atoms with Crippen molar-refractivity contribution in [3.05, 3.63) is 40.0 Å². The summed E-state index contributed by atoms with van der Waals surface area (Å²) in [6, 6.07) is 4.52. The van der Waals surface area contributed by atoms with Gasteiger partial charge in [0.1, 0.15) is 11.6 Å². The van der Waals surface area contributed by atoms with Gasteiger partial charge in [-0.3, -0.25) is 4.79 Å². The first-order chi connectivity index (χ1) is 13.9. The molecule has 0 bridgehead atoms. The molecule has 0 unspecified atom stereocenters. The van der Waals surface area contributed by atoms with Gasteiger partial charge in [-0.15, -0.1) is 0 Å². The number of aromatic hydroxyl groups is 1. The molecule has 0 saturated carbocycles. The molecule has 1 saturated heterocycles. The fourth-order valence-corrected chi connectivity index (χ4v) is 3.75. The lowest BCUT2D eigenvalue weighted by atomic mass is 9.99. The predicted molar refractivity (Wildman–Crippen MR) is 110 cm³/mol. The second-order valence-corrected chi connectivity index (χ2v) is 7.41. The van der Waals surface area contributed by atoms with Crippen LogP contribution in [0.5, 0.6) is 5.75 Å². The van der Waals surface area contributed by atoms with Crippen LogP contribution in [0.25, 0.3) is 0 Å². The van der Waals surface area contributed by atoms with Crippen LogP contribution in [0.3, 0.4) is 0 Å². The van der Waals surface area contributed by atoms with Gasteiger partial charge in [0.25, 0.3) is 0 Å². The molecule has 0 spiro atoms. The third-order valence-corrected chi connectivity index (χ3v) is 5.16. The van der Waals surface area contributed by atoms with Gasteiger partial charge in [0.05, 0.1) is 18.2 Å². The number of ether oxygens (including phenoxy) is 1. The molecule has 0 amide bonds. The number of phenolic OH excluding ortho intramolecular Hbond substituents is 1. The molecule has 8 nitrogen and oxygen atoms in total. The average Bonchev–Trinajstić information content (AvgIpc) is 2.92. The zero-order valence-corrected chi connectivity index (χ0v) is 17.0. The van der Waals surface area contributed by atoms with E-state index in [1.807, 2.05) is 17.9 Å². The number of carbonyl (C=O) groups is 1. The minimum atomic E-state index is -0.314. The molecule has 1 fully saturated rings. The summed E-state index contributed by atoms with van der Waals surface area (Å²) in [6.45, 7) is 3.35. The number of hydrogen-bond acceptors (Lipinski definition) is 8. The smallest absolute Gasteiger partial charge is 0.222 e.